The molecule has 1 aromatic carbocycles. The highest BCUT2D eigenvalue weighted by atomic mass is 32.1. The van der Waals surface area contributed by atoms with Crippen LogP contribution >= 0.6 is 11.5 Å². The molecule has 1 atom stereocenters. The molecule has 2 heterocycles. The molecule has 1 unspecified atom stereocenters. The summed E-state index contributed by atoms with van der Waals surface area (Å²) in [6, 6.07) is 6.47. The summed E-state index contributed by atoms with van der Waals surface area (Å²) in [6.45, 7) is 12.1. The molecule has 1 fully saturated rings. The second kappa shape index (κ2) is 9.86. The Kier molecular flexibility index (Phi) is 7.45. The Bertz CT molecular complexity index is 830. The van der Waals surface area contributed by atoms with Crippen LogP contribution in [0.2, 0.25) is 0 Å². The molecule has 1 amide bonds. The first-order chi connectivity index (χ1) is 14.2. The number of halogens is 1. The van der Waals surface area contributed by atoms with Crippen molar-refractivity contribution in [1.82, 2.24) is 14.3 Å². The van der Waals surface area contributed by atoms with E-state index in [9.17, 15) is 9.18 Å². The molecule has 7 heteroatoms. The molecule has 3 rings (SSSR count). The first-order valence-corrected chi connectivity index (χ1v) is 11.6. The topological polar surface area (TPSA) is 49.3 Å². The van der Waals surface area contributed by atoms with Crippen LogP contribution in [0.5, 0.6) is 0 Å². The van der Waals surface area contributed by atoms with Crippen molar-refractivity contribution in [2.75, 3.05) is 31.1 Å². The summed E-state index contributed by atoms with van der Waals surface area (Å²) in [5, 5.41) is 0.905. The summed E-state index contributed by atoms with van der Waals surface area (Å²) in [6.07, 6.45) is 3.21. The van der Waals surface area contributed by atoms with Crippen molar-refractivity contribution in [2.45, 2.75) is 53.4 Å². The van der Waals surface area contributed by atoms with Crippen molar-refractivity contribution < 1.29 is 9.18 Å². The van der Waals surface area contributed by atoms with Crippen LogP contribution in [0.25, 0.3) is 0 Å². The van der Waals surface area contributed by atoms with E-state index in [-0.39, 0.29) is 17.1 Å². The Hall–Kier alpha value is -2.02. The Morgan fingerprint density at radius 2 is 1.90 bits per heavy atom. The minimum atomic E-state index is -0.234. The molecule has 1 aliphatic rings. The Morgan fingerprint density at radius 3 is 2.60 bits per heavy atom. The largest absolute Gasteiger partial charge is 0.345 e. The van der Waals surface area contributed by atoms with Gasteiger partial charge in [-0.15, -0.1) is 0 Å². The fraction of sp³-hybridized carbons (Fsp3) is 0.609. The van der Waals surface area contributed by atoms with Crippen molar-refractivity contribution >= 4 is 22.6 Å². The van der Waals surface area contributed by atoms with E-state index in [2.05, 4.69) is 42.0 Å². The van der Waals surface area contributed by atoms with Crippen LogP contribution in [0, 0.1) is 17.2 Å². The van der Waals surface area contributed by atoms with Crippen LogP contribution in [-0.4, -0.2) is 46.3 Å². The maximum Gasteiger partial charge on any atom is 0.222 e. The van der Waals surface area contributed by atoms with Gasteiger partial charge in [0.1, 0.15) is 11.6 Å². The van der Waals surface area contributed by atoms with Gasteiger partial charge in [-0.3, -0.25) is 4.79 Å². The molecule has 0 bridgehead atoms. The second-order valence-electron chi connectivity index (χ2n) is 9.59. The van der Waals surface area contributed by atoms with Crippen molar-refractivity contribution in [3.05, 3.63) is 41.5 Å². The lowest BCUT2D eigenvalue weighted by atomic mass is 9.84. The monoisotopic (exact) mass is 432 g/mol. The number of benzene rings is 1. The third kappa shape index (κ3) is 6.76. The number of carbonyl (C=O) groups excluding carboxylic acids is 1. The predicted molar refractivity (Wildman–Crippen MR) is 120 cm³/mol. The Balaban J connectivity index is 1.53. The number of amides is 1. The highest BCUT2D eigenvalue weighted by Crippen LogP contribution is 2.27. The maximum absolute atomic E-state index is 13.1. The standard InChI is InChI=1S/C23H33FN4OS/c1-17(16-23(2,3)4)14-21(29)27-10-5-11-28(13-12-27)22-25-20(26-30-22)15-18-6-8-19(24)9-7-18/h6-9,17H,5,10-16H2,1-4H3. The molecule has 0 radical (unpaired) electrons. The molecule has 5 nitrogen and oxygen atoms in total. The van der Waals surface area contributed by atoms with Gasteiger partial charge in [0.2, 0.25) is 11.0 Å². The van der Waals surface area contributed by atoms with Crippen LogP contribution < -0.4 is 4.90 Å². The highest BCUT2D eigenvalue weighted by molar-refractivity contribution is 7.09. The van der Waals surface area contributed by atoms with Crippen molar-refractivity contribution in [3.63, 3.8) is 0 Å². The summed E-state index contributed by atoms with van der Waals surface area (Å²) in [5.74, 6) is 1.19. The third-order valence-electron chi connectivity index (χ3n) is 5.34. The highest BCUT2D eigenvalue weighted by Gasteiger charge is 2.24. The molecule has 0 saturated carbocycles. The van der Waals surface area contributed by atoms with Crippen LogP contribution in [0.1, 0.15) is 58.3 Å². The minimum Gasteiger partial charge on any atom is -0.345 e. The number of nitrogens with zero attached hydrogens (tertiary/aromatic N) is 4. The number of hydrogen-bond acceptors (Lipinski definition) is 5. The average Bonchev–Trinajstić information content (AvgIpc) is 2.96. The normalized spacial score (nSPS) is 16.4. The number of anilines is 1. The van der Waals surface area contributed by atoms with Crippen LogP contribution in [0.15, 0.2) is 24.3 Å². The number of aromatic nitrogens is 2. The molecule has 1 saturated heterocycles. The van der Waals surface area contributed by atoms with E-state index < -0.39 is 0 Å². The minimum absolute atomic E-state index is 0.234. The maximum atomic E-state index is 13.1. The molecule has 0 spiro atoms. The summed E-state index contributed by atoms with van der Waals surface area (Å²) in [4.78, 5) is 21.7. The van der Waals surface area contributed by atoms with E-state index in [1.807, 2.05) is 4.90 Å². The van der Waals surface area contributed by atoms with Gasteiger partial charge in [-0.1, -0.05) is 39.8 Å². The predicted octanol–water partition coefficient (Wildman–Crippen LogP) is 4.77. The molecule has 164 valence electrons. The summed E-state index contributed by atoms with van der Waals surface area (Å²) in [7, 11) is 0. The summed E-state index contributed by atoms with van der Waals surface area (Å²) in [5.41, 5.74) is 1.25. The zero-order valence-electron chi connectivity index (χ0n) is 18.5. The summed E-state index contributed by atoms with van der Waals surface area (Å²) >= 11 is 1.40. The lowest BCUT2D eigenvalue weighted by Gasteiger charge is -2.26. The average molecular weight is 433 g/mol. The molecule has 1 aromatic heterocycles. The van der Waals surface area contributed by atoms with E-state index in [1.54, 1.807) is 12.1 Å². The molecule has 0 aliphatic carbocycles. The van der Waals surface area contributed by atoms with Crippen LogP contribution in [0.3, 0.4) is 0 Å². The van der Waals surface area contributed by atoms with E-state index in [0.717, 1.165) is 55.5 Å². The number of hydrogen-bond donors (Lipinski definition) is 0. The Morgan fingerprint density at radius 1 is 1.17 bits per heavy atom. The fourth-order valence-corrected chi connectivity index (χ4v) is 4.87. The van der Waals surface area contributed by atoms with Gasteiger partial charge in [-0.25, -0.2) is 9.37 Å². The molecule has 1 aliphatic heterocycles. The van der Waals surface area contributed by atoms with Crippen molar-refractivity contribution in [1.29, 1.82) is 0 Å². The van der Waals surface area contributed by atoms with E-state index in [4.69, 9.17) is 0 Å². The zero-order valence-corrected chi connectivity index (χ0v) is 19.3. The first-order valence-electron chi connectivity index (χ1n) is 10.8. The number of carbonyl (C=O) groups is 1. The first kappa shape index (κ1) is 22.7. The van der Waals surface area contributed by atoms with Gasteiger partial charge in [0.25, 0.3) is 0 Å². The van der Waals surface area contributed by atoms with Crippen molar-refractivity contribution in [2.24, 2.45) is 11.3 Å². The lowest BCUT2D eigenvalue weighted by Crippen LogP contribution is -2.36. The van der Waals surface area contributed by atoms with E-state index in [1.165, 1.54) is 23.7 Å². The lowest BCUT2D eigenvalue weighted by molar-refractivity contribution is -0.132. The molecular weight excluding hydrogens is 399 g/mol. The fourth-order valence-electron chi connectivity index (χ4n) is 4.13. The van der Waals surface area contributed by atoms with Gasteiger partial charge < -0.3 is 9.80 Å². The zero-order chi connectivity index (χ0) is 21.7. The summed E-state index contributed by atoms with van der Waals surface area (Å²) < 4.78 is 17.6. The number of rotatable bonds is 6. The quantitative estimate of drug-likeness (QED) is 0.660. The van der Waals surface area contributed by atoms with Gasteiger partial charge in [-0.05, 0) is 41.9 Å². The van der Waals surface area contributed by atoms with Gasteiger partial charge in [0.05, 0.1) is 0 Å². The van der Waals surface area contributed by atoms with Crippen LogP contribution in [-0.2, 0) is 11.2 Å². The second-order valence-corrected chi connectivity index (χ2v) is 10.3. The Labute approximate surface area is 183 Å². The van der Waals surface area contributed by atoms with Gasteiger partial charge in [-0.2, -0.15) is 4.37 Å². The smallest absolute Gasteiger partial charge is 0.222 e. The van der Waals surface area contributed by atoms with Crippen LogP contribution in [0.4, 0.5) is 9.52 Å². The molecular formula is C23H33FN4OS. The van der Waals surface area contributed by atoms with Gasteiger partial charge in [0, 0.05) is 50.6 Å². The third-order valence-corrected chi connectivity index (χ3v) is 6.15. The van der Waals surface area contributed by atoms with E-state index in [0.29, 0.717) is 18.8 Å². The van der Waals surface area contributed by atoms with Gasteiger partial charge in [0.15, 0.2) is 0 Å². The molecule has 0 N–H and O–H groups in total. The SMILES string of the molecule is CC(CC(=O)N1CCCN(c2nc(Cc3ccc(F)cc3)ns2)CC1)CC(C)(C)C. The van der Waals surface area contributed by atoms with Crippen molar-refractivity contribution in [3.8, 4) is 0 Å². The van der Waals surface area contributed by atoms with Gasteiger partial charge >= 0.3 is 0 Å². The molecule has 30 heavy (non-hydrogen) atoms. The van der Waals surface area contributed by atoms with E-state index >= 15 is 0 Å². The molecule has 2 aromatic rings.